The summed E-state index contributed by atoms with van der Waals surface area (Å²) in [5.74, 6) is -8.57. The summed E-state index contributed by atoms with van der Waals surface area (Å²) in [5, 5.41) is 58.6. The van der Waals surface area contributed by atoms with Gasteiger partial charge in [0.1, 0.15) is 53.3 Å². The number of phenols is 1. The van der Waals surface area contributed by atoms with Crippen LogP contribution in [0.15, 0.2) is 231 Å². The summed E-state index contributed by atoms with van der Waals surface area (Å²) in [6.45, 7) is 0. The van der Waals surface area contributed by atoms with Crippen molar-refractivity contribution in [3.63, 3.8) is 0 Å². The van der Waals surface area contributed by atoms with Gasteiger partial charge in [0.25, 0.3) is 0 Å². The fourth-order valence-electron chi connectivity index (χ4n) is 16.6. The van der Waals surface area contributed by atoms with Crippen LogP contribution < -0.4 is 36.1 Å². The van der Waals surface area contributed by atoms with Gasteiger partial charge in [-0.3, -0.25) is 33.6 Å². The number of esters is 3. The number of carboxylic acid groups (broad SMARTS) is 2. The number of nitrogens with one attached hydrogen (secondary N) is 5. The number of fused-ring (bicyclic) bond motifs is 3. The number of ether oxygens (including phenoxy) is 5. The number of amides is 5. The van der Waals surface area contributed by atoms with Crippen LogP contribution in [0.3, 0.4) is 0 Å². The lowest BCUT2D eigenvalue weighted by atomic mass is 9.85. The van der Waals surface area contributed by atoms with Crippen molar-refractivity contribution < 1.29 is 91.3 Å². The standard InChI is InChI=1S/C35H35ClN4O7.C34H32ClFN4O6.C31H30ClN3O5/c1-46-25-17-15-24(16-18-25)40-32(22-11-13-23(36)14-12-22)26-9-6-10-27(31(26)39-40)33(43)37-28(20-30(41)42)34(44)38-29(35(45)47-2)19-21-7-4-3-5-8-21;1-46-34(45)28(18-20-6-3-2-4-7-20)38-33(44)27(19-29(41)42)37-32(43)26-9-5-8-25-30(26)39-40(24-16-14-23(36)15-17-24)31(25)21-10-12-22(35)13-11-21;1-39-24-16-12-22(13-17-24)35-29(20-8-10-21(32)11-9-20)25-4-3-5-26(28(25)34-35)30(37)33-27(31(38)40-2)18-19-6-14-23(36)15-7-19/h3-5,7-8,11-18,27-29H,6,9-10,19-20H2,1-2H3,(H,37,43)(H,38,44)(H,41,42);2-4,6-7,10-17,26-28H,5,8-9,18-19H2,1H3,(H,37,43)(H,38,44)(H,41,42);6-17,26-27,36H,3-5,18H2,1-2H3,(H,33,37). The van der Waals surface area contributed by atoms with Crippen LogP contribution >= 0.6 is 34.8 Å². The van der Waals surface area contributed by atoms with Crippen molar-refractivity contribution in [1.82, 2.24) is 55.9 Å². The minimum absolute atomic E-state index is 0.104. The Bertz CT molecular complexity index is 6150. The van der Waals surface area contributed by atoms with Gasteiger partial charge in [0.05, 0.1) is 117 Å². The number of hydrogen-bond donors (Lipinski definition) is 8. The molecule has 3 aliphatic rings. The molecule has 3 aliphatic carbocycles. The lowest BCUT2D eigenvalue weighted by Crippen LogP contribution is -2.54. The molecule has 3 aromatic heterocycles. The molecular weight excluding hydrogens is 1770 g/mol. The first kappa shape index (κ1) is 96.1. The molecule has 12 aromatic rings. The largest absolute Gasteiger partial charge is 0.508 e. The number of benzene rings is 9. The van der Waals surface area contributed by atoms with Crippen molar-refractivity contribution in [3.05, 3.63) is 302 Å². The van der Waals surface area contributed by atoms with Gasteiger partial charge >= 0.3 is 29.8 Å². The number of aromatic nitrogens is 6. The molecule has 688 valence electrons. The van der Waals surface area contributed by atoms with Crippen LogP contribution in [0.4, 0.5) is 4.39 Å². The van der Waals surface area contributed by atoms with Crippen molar-refractivity contribution in [2.24, 2.45) is 0 Å². The van der Waals surface area contributed by atoms with Crippen molar-refractivity contribution in [3.8, 4) is 68.1 Å². The van der Waals surface area contributed by atoms with Crippen molar-refractivity contribution in [1.29, 1.82) is 0 Å². The lowest BCUT2D eigenvalue weighted by Gasteiger charge is -2.25. The predicted molar refractivity (Wildman–Crippen MR) is 494 cm³/mol. The van der Waals surface area contributed by atoms with Crippen LogP contribution in [0.1, 0.15) is 120 Å². The number of carboxylic acids is 2. The highest BCUT2D eigenvalue weighted by atomic mass is 35.5. The van der Waals surface area contributed by atoms with E-state index in [1.807, 2.05) is 114 Å². The number of nitrogens with zero attached hydrogens (tertiary/aromatic N) is 6. The molecule has 5 amide bonds. The van der Waals surface area contributed by atoms with E-state index in [9.17, 15) is 67.7 Å². The van der Waals surface area contributed by atoms with Crippen LogP contribution in [0.25, 0.3) is 50.8 Å². The molecule has 8 unspecified atom stereocenters. The highest BCUT2D eigenvalue weighted by Crippen LogP contribution is 2.44. The van der Waals surface area contributed by atoms with Crippen LogP contribution in [0.5, 0.6) is 17.2 Å². The average Bonchev–Trinajstić information content (AvgIpc) is 1.61. The topological polar surface area (TPSA) is 391 Å². The number of hydrogen-bond acceptors (Lipinski definition) is 19. The number of aromatic hydroxyl groups is 1. The van der Waals surface area contributed by atoms with Gasteiger partial charge in [0.2, 0.25) is 29.5 Å². The second-order valence-corrected chi connectivity index (χ2v) is 33.2. The molecule has 0 aliphatic heterocycles. The Morgan fingerprint density at radius 3 is 0.955 bits per heavy atom. The molecule has 9 aromatic carbocycles. The van der Waals surface area contributed by atoms with Crippen LogP contribution in [-0.2, 0) is 101 Å². The lowest BCUT2D eigenvalue weighted by molar-refractivity contribution is -0.146. The van der Waals surface area contributed by atoms with E-state index in [1.165, 1.54) is 33.5 Å². The zero-order valence-electron chi connectivity index (χ0n) is 73.1. The third-order valence-electron chi connectivity index (χ3n) is 23.2. The summed E-state index contributed by atoms with van der Waals surface area (Å²) >= 11 is 18.5. The Labute approximate surface area is 780 Å². The first-order valence-corrected chi connectivity index (χ1v) is 44.1. The molecular formula is C100H97Cl3FN11O18. The Hall–Kier alpha value is -14.5. The molecule has 133 heavy (non-hydrogen) atoms. The molecule has 8 N–H and O–H groups in total. The third kappa shape index (κ3) is 24.0. The molecule has 33 heteroatoms. The normalized spacial score (nSPS) is 15.2. The number of rotatable bonds is 31. The molecule has 0 radical (unpaired) electrons. The fraction of sp³-hybridized carbons (Fsp3) is 0.270. The maximum absolute atomic E-state index is 13.9. The number of aliphatic carboxylic acids is 2. The minimum Gasteiger partial charge on any atom is -0.508 e. The molecule has 0 fully saturated rings. The molecule has 0 saturated carbocycles. The van der Waals surface area contributed by atoms with Crippen LogP contribution in [0.2, 0.25) is 15.1 Å². The van der Waals surface area contributed by atoms with E-state index in [4.69, 9.17) is 73.8 Å². The molecule has 0 saturated heterocycles. The van der Waals surface area contributed by atoms with E-state index < -0.39 is 120 Å². The van der Waals surface area contributed by atoms with Gasteiger partial charge < -0.3 is 65.6 Å². The Balaban J connectivity index is 0.000000170. The molecule has 3 heterocycles. The SMILES string of the molecule is COC(=O)C(Cc1ccc(O)cc1)NC(=O)C1CCCc2c1nn(-c1ccc(OC)cc1)c2-c1ccc(Cl)cc1.COC(=O)C(Cc1ccccc1)NC(=O)C(CC(=O)O)NC(=O)C1CCCc2c1nn(-c1ccc(F)cc1)c2-c1ccc(Cl)cc1.COC(=O)C(Cc1ccccc1)NC(=O)C(CC(=O)O)NC(=O)C1CCCc2c1nn(-c1ccc(OC)cc1)c2-c1ccc(Cl)cc1. The number of phenolic OH excluding ortho intramolecular Hbond substituents is 1. The van der Waals surface area contributed by atoms with Crippen molar-refractivity contribution in [2.45, 2.75) is 138 Å². The zero-order chi connectivity index (χ0) is 94.5. The first-order valence-electron chi connectivity index (χ1n) is 42.9. The van der Waals surface area contributed by atoms with Gasteiger partial charge in [-0.1, -0.05) is 144 Å². The quantitative estimate of drug-likeness (QED) is 0.0148. The monoisotopic (exact) mass is 1860 g/mol. The van der Waals surface area contributed by atoms with Crippen LogP contribution in [0, 0.1) is 5.82 Å². The van der Waals surface area contributed by atoms with E-state index >= 15 is 0 Å². The fourth-order valence-corrected chi connectivity index (χ4v) is 17.0. The van der Waals surface area contributed by atoms with E-state index in [2.05, 4.69) is 26.6 Å². The molecule has 0 bridgehead atoms. The van der Waals surface area contributed by atoms with Crippen molar-refractivity contribution >= 4 is 94.2 Å². The summed E-state index contributed by atoms with van der Waals surface area (Å²) in [7, 11) is 6.89. The van der Waals surface area contributed by atoms with Crippen LogP contribution in [-0.4, -0.2) is 170 Å². The molecule has 29 nitrogen and oxygen atoms in total. The summed E-state index contributed by atoms with van der Waals surface area (Å²) in [6.07, 6.45) is 4.62. The highest BCUT2D eigenvalue weighted by molar-refractivity contribution is 6.31. The maximum atomic E-state index is 13.9. The summed E-state index contributed by atoms with van der Waals surface area (Å²) in [6, 6.07) is 61.3. The number of carbonyl (C=O) groups is 10. The summed E-state index contributed by atoms with van der Waals surface area (Å²) in [4.78, 5) is 130. The first-order chi connectivity index (χ1) is 64.2. The number of halogens is 4. The van der Waals surface area contributed by atoms with E-state index in [1.54, 1.807) is 133 Å². The maximum Gasteiger partial charge on any atom is 0.328 e. The van der Waals surface area contributed by atoms with E-state index in [-0.39, 0.29) is 30.9 Å². The smallest absolute Gasteiger partial charge is 0.328 e. The van der Waals surface area contributed by atoms with Gasteiger partial charge in [0, 0.05) is 67.7 Å². The number of methoxy groups -OCH3 is 5. The van der Waals surface area contributed by atoms with Gasteiger partial charge in [0.15, 0.2) is 0 Å². The Morgan fingerprint density at radius 2 is 0.662 bits per heavy atom. The number of carbonyl (C=O) groups excluding carboxylic acids is 8. The highest BCUT2D eigenvalue weighted by Gasteiger charge is 2.41. The third-order valence-corrected chi connectivity index (χ3v) is 23.9. The predicted octanol–water partition coefficient (Wildman–Crippen LogP) is 14.3. The minimum atomic E-state index is -1.48. The molecule has 15 rings (SSSR count). The summed E-state index contributed by atoms with van der Waals surface area (Å²) in [5.41, 5.74) is 13.9. The average molecular weight is 1870 g/mol. The Kier molecular flexibility index (Phi) is 32.4. The van der Waals surface area contributed by atoms with Gasteiger partial charge in [-0.2, -0.15) is 15.3 Å². The van der Waals surface area contributed by atoms with E-state index in [0.29, 0.717) is 88.5 Å². The van der Waals surface area contributed by atoms with Gasteiger partial charge in [-0.05, 0) is 196 Å². The van der Waals surface area contributed by atoms with Crippen molar-refractivity contribution in [2.75, 3.05) is 35.5 Å². The zero-order valence-corrected chi connectivity index (χ0v) is 75.4. The second-order valence-electron chi connectivity index (χ2n) is 31.9. The Morgan fingerprint density at radius 1 is 0.376 bits per heavy atom. The summed E-state index contributed by atoms with van der Waals surface area (Å²) < 4.78 is 44.5. The van der Waals surface area contributed by atoms with Gasteiger partial charge in [-0.15, -0.1) is 0 Å². The molecule has 0 spiro atoms. The van der Waals surface area contributed by atoms with E-state index in [0.717, 1.165) is 97.1 Å². The van der Waals surface area contributed by atoms with Gasteiger partial charge in [-0.25, -0.2) is 32.8 Å². The second kappa shape index (κ2) is 44.9. The molecule has 8 atom stereocenters.